The Balaban J connectivity index is 1.89. The van der Waals surface area contributed by atoms with Crippen molar-refractivity contribution < 1.29 is 9.53 Å². The first-order valence-electron chi connectivity index (χ1n) is 6.98. The van der Waals surface area contributed by atoms with Crippen LogP contribution in [0.4, 0.5) is 11.5 Å². The summed E-state index contributed by atoms with van der Waals surface area (Å²) in [4.78, 5) is 15.6. The minimum Gasteiger partial charge on any atom is -0.497 e. The van der Waals surface area contributed by atoms with Crippen LogP contribution in [0.25, 0.3) is 0 Å². The third-order valence-electron chi connectivity index (χ3n) is 3.08. The summed E-state index contributed by atoms with van der Waals surface area (Å²) >= 11 is 0. The molecule has 1 unspecified atom stereocenters. The SMILES string of the molecule is COc1ccc(CNc2ccc(NC(=O)C(C)N)nc2)cc1. The highest BCUT2D eigenvalue weighted by Gasteiger charge is 2.07. The van der Waals surface area contributed by atoms with Crippen molar-refractivity contribution in [3.05, 3.63) is 48.2 Å². The van der Waals surface area contributed by atoms with Crippen molar-refractivity contribution in [2.24, 2.45) is 5.73 Å². The number of pyridine rings is 1. The maximum absolute atomic E-state index is 11.5. The van der Waals surface area contributed by atoms with Crippen LogP contribution in [0.3, 0.4) is 0 Å². The first-order valence-corrected chi connectivity index (χ1v) is 6.98. The summed E-state index contributed by atoms with van der Waals surface area (Å²) in [5.74, 6) is 1.06. The zero-order chi connectivity index (χ0) is 15.9. The highest BCUT2D eigenvalue weighted by molar-refractivity contribution is 5.93. The van der Waals surface area contributed by atoms with E-state index in [1.807, 2.05) is 30.3 Å². The minimum atomic E-state index is -0.560. The first-order chi connectivity index (χ1) is 10.6. The topological polar surface area (TPSA) is 89.3 Å². The number of hydrogen-bond donors (Lipinski definition) is 3. The van der Waals surface area contributed by atoms with E-state index in [0.717, 1.165) is 17.0 Å². The van der Waals surface area contributed by atoms with Crippen LogP contribution in [0, 0.1) is 0 Å². The quantitative estimate of drug-likeness (QED) is 0.759. The van der Waals surface area contributed by atoms with Gasteiger partial charge in [-0.25, -0.2) is 4.98 Å². The molecular weight excluding hydrogens is 280 g/mol. The number of methoxy groups -OCH3 is 1. The lowest BCUT2D eigenvalue weighted by atomic mass is 10.2. The van der Waals surface area contributed by atoms with E-state index in [2.05, 4.69) is 15.6 Å². The molecule has 116 valence electrons. The predicted octanol–water partition coefficient (Wildman–Crippen LogP) is 1.99. The number of anilines is 2. The molecule has 6 heteroatoms. The van der Waals surface area contributed by atoms with Crippen LogP contribution in [0.1, 0.15) is 12.5 Å². The monoisotopic (exact) mass is 300 g/mol. The minimum absolute atomic E-state index is 0.258. The molecular formula is C16H20N4O2. The van der Waals surface area contributed by atoms with Crippen molar-refractivity contribution >= 4 is 17.4 Å². The zero-order valence-electron chi connectivity index (χ0n) is 12.7. The number of amides is 1. The van der Waals surface area contributed by atoms with Gasteiger partial charge in [-0.1, -0.05) is 12.1 Å². The predicted molar refractivity (Wildman–Crippen MR) is 86.8 cm³/mol. The Labute approximate surface area is 129 Å². The van der Waals surface area contributed by atoms with Gasteiger partial charge in [-0.05, 0) is 36.8 Å². The smallest absolute Gasteiger partial charge is 0.242 e. The molecule has 4 N–H and O–H groups in total. The van der Waals surface area contributed by atoms with Crippen LogP contribution in [-0.2, 0) is 11.3 Å². The van der Waals surface area contributed by atoms with Crippen LogP contribution in [-0.4, -0.2) is 24.0 Å². The summed E-state index contributed by atoms with van der Waals surface area (Å²) in [7, 11) is 1.64. The van der Waals surface area contributed by atoms with Gasteiger partial charge in [0.1, 0.15) is 11.6 Å². The third kappa shape index (κ3) is 4.46. The average molecular weight is 300 g/mol. The largest absolute Gasteiger partial charge is 0.497 e. The molecule has 6 nitrogen and oxygen atoms in total. The summed E-state index contributed by atoms with van der Waals surface area (Å²) in [6, 6.07) is 10.9. The lowest BCUT2D eigenvalue weighted by Gasteiger charge is -2.09. The van der Waals surface area contributed by atoms with Gasteiger partial charge in [0.05, 0.1) is 25.0 Å². The standard InChI is InChI=1S/C16H20N4O2/c1-11(17)16(21)20-15-8-5-13(10-19-15)18-9-12-3-6-14(22-2)7-4-12/h3-8,10-11,18H,9,17H2,1-2H3,(H,19,20,21). The maximum atomic E-state index is 11.5. The van der Waals surface area contributed by atoms with Crippen molar-refractivity contribution in [2.75, 3.05) is 17.7 Å². The summed E-state index contributed by atoms with van der Waals surface area (Å²) < 4.78 is 5.12. The number of ether oxygens (including phenoxy) is 1. The van der Waals surface area contributed by atoms with Crippen molar-refractivity contribution in [1.82, 2.24) is 4.98 Å². The fourth-order valence-electron chi connectivity index (χ4n) is 1.76. The molecule has 0 radical (unpaired) electrons. The number of aromatic nitrogens is 1. The molecule has 0 aliphatic carbocycles. The van der Waals surface area contributed by atoms with Gasteiger partial charge in [-0.2, -0.15) is 0 Å². The van der Waals surface area contributed by atoms with Gasteiger partial charge < -0.3 is 21.1 Å². The molecule has 0 spiro atoms. The number of nitrogens with one attached hydrogen (secondary N) is 2. The number of benzene rings is 1. The molecule has 1 aromatic carbocycles. The Hall–Kier alpha value is -2.60. The molecule has 1 heterocycles. The molecule has 0 aliphatic heterocycles. The van der Waals surface area contributed by atoms with E-state index >= 15 is 0 Å². The molecule has 0 saturated carbocycles. The molecule has 2 aromatic rings. The van der Waals surface area contributed by atoms with E-state index in [9.17, 15) is 4.79 Å². The number of rotatable bonds is 6. The highest BCUT2D eigenvalue weighted by atomic mass is 16.5. The van der Waals surface area contributed by atoms with Crippen LogP contribution < -0.4 is 21.1 Å². The van der Waals surface area contributed by atoms with Crippen molar-refractivity contribution in [3.8, 4) is 5.75 Å². The Morgan fingerprint density at radius 3 is 2.55 bits per heavy atom. The molecule has 22 heavy (non-hydrogen) atoms. The van der Waals surface area contributed by atoms with Gasteiger partial charge in [0, 0.05) is 6.54 Å². The van der Waals surface area contributed by atoms with E-state index in [4.69, 9.17) is 10.5 Å². The Kier molecular flexibility index (Phi) is 5.32. The summed E-state index contributed by atoms with van der Waals surface area (Å²) in [5.41, 5.74) is 7.49. The second-order valence-electron chi connectivity index (χ2n) is 4.91. The Bertz CT molecular complexity index is 609. The zero-order valence-corrected chi connectivity index (χ0v) is 12.7. The lowest BCUT2D eigenvalue weighted by Crippen LogP contribution is -2.32. The molecule has 1 aromatic heterocycles. The molecule has 0 fully saturated rings. The van der Waals surface area contributed by atoms with Gasteiger partial charge >= 0.3 is 0 Å². The highest BCUT2D eigenvalue weighted by Crippen LogP contribution is 2.14. The second-order valence-corrected chi connectivity index (χ2v) is 4.91. The van der Waals surface area contributed by atoms with E-state index < -0.39 is 6.04 Å². The Morgan fingerprint density at radius 2 is 2.00 bits per heavy atom. The molecule has 1 atom stereocenters. The first kappa shape index (κ1) is 15.8. The molecule has 2 rings (SSSR count). The van der Waals surface area contributed by atoms with Gasteiger partial charge in [-0.3, -0.25) is 4.79 Å². The molecule has 1 amide bonds. The maximum Gasteiger partial charge on any atom is 0.242 e. The number of carbonyl (C=O) groups excluding carboxylic acids is 1. The molecule has 0 bridgehead atoms. The van der Waals surface area contributed by atoms with E-state index in [-0.39, 0.29) is 5.91 Å². The lowest BCUT2D eigenvalue weighted by molar-refractivity contribution is -0.117. The number of nitrogens with two attached hydrogens (primary N) is 1. The number of hydrogen-bond acceptors (Lipinski definition) is 5. The second kappa shape index (κ2) is 7.42. The van der Waals surface area contributed by atoms with Crippen LogP contribution in [0.5, 0.6) is 5.75 Å². The van der Waals surface area contributed by atoms with Crippen LogP contribution in [0.2, 0.25) is 0 Å². The van der Waals surface area contributed by atoms with Gasteiger partial charge in [-0.15, -0.1) is 0 Å². The van der Waals surface area contributed by atoms with Crippen LogP contribution in [0.15, 0.2) is 42.6 Å². The Morgan fingerprint density at radius 1 is 1.27 bits per heavy atom. The van der Waals surface area contributed by atoms with E-state index in [1.54, 1.807) is 26.3 Å². The van der Waals surface area contributed by atoms with E-state index in [0.29, 0.717) is 12.4 Å². The normalized spacial score (nSPS) is 11.6. The fraction of sp³-hybridized carbons (Fsp3) is 0.250. The average Bonchev–Trinajstić information content (AvgIpc) is 2.54. The summed E-state index contributed by atoms with van der Waals surface area (Å²) in [5, 5.41) is 5.90. The van der Waals surface area contributed by atoms with Crippen molar-refractivity contribution in [1.29, 1.82) is 0 Å². The summed E-state index contributed by atoms with van der Waals surface area (Å²) in [6.45, 7) is 2.30. The number of carbonyl (C=O) groups is 1. The molecule has 0 aliphatic rings. The third-order valence-corrected chi connectivity index (χ3v) is 3.08. The van der Waals surface area contributed by atoms with Gasteiger partial charge in [0.25, 0.3) is 0 Å². The van der Waals surface area contributed by atoms with Gasteiger partial charge in [0.15, 0.2) is 0 Å². The van der Waals surface area contributed by atoms with Crippen molar-refractivity contribution in [3.63, 3.8) is 0 Å². The fourth-order valence-corrected chi connectivity index (χ4v) is 1.76. The van der Waals surface area contributed by atoms with Crippen molar-refractivity contribution in [2.45, 2.75) is 19.5 Å². The van der Waals surface area contributed by atoms with E-state index in [1.165, 1.54) is 0 Å². The number of nitrogens with zero attached hydrogens (tertiary/aromatic N) is 1. The van der Waals surface area contributed by atoms with Gasteiger partial charge in [0.2, 0.25) is 5.91 Å². The summed E-state index contributed by atoms with van der Waals surface area (Å²) in [6.07, 6.45) is 1.67. The molecule has 0 saturated heterocycles. The van der Waals surface area contributed by atoms with Crippen LogP contribution >= 0.6 is 0 Å².